The third kappa shape index (κ3) is 8.04. The van der Waals surface area contributed by atoms with Crippen LogP contribution < -0.4 is 10.6 Å². The van der Waals surface area contributed by atoms with Gasteiger partial charge in [-0.1, -0.05) is 12.1 Å². The summed E-state index contributed by atoms with van der Waals surface area (Å²) in [4.78, 5) is 25.2. The zero-order chi connectivity index (χ0) is 15.7. The summed E-state index contributed by atoms with van der Waals surface area (Å²) < 4.78 is 13.0. The minimum absolute atomic E-state index is 0.0594. The lowest BCUT2D eigenvalue weighted by Crippen LogP contribution is -2.38. The molecule has 0 atom stereocenters. The van der Waals surface area contributed by atoms with Gasteiger partial charge >= 0.3 is 0 Å². The average molecular weight is 295 g/mol. The number of halogens is 1. The SMILES string of the molecule is CN(C)CCCNC(=O)CNC(=O)Cc1cccc(F)c1. The lowest BCUT2D eigenvalue weighted by molar-refractivity contribution is -0.125. The molecule has 0 aliphatic rings. The van der Waals surface area contributed by atoms with E-state index in [-0.39, 0.29) is 30.6 Å². The Morgan fingerprint density at radius 1 is 1.19 bits per heavy atom. The predicted octanol–water partition coefficient (Wildman–Crippen LogP) is 0.552. The van der Waals surface area contributed by atoms with Gasteiger partial charge in [0.15, 0.2) is 0 Å². The Hall–Kier alpha value is -1.95. The molecule has 0 fully saturated rings. The van der Waals surface area contributed by atoms with Crippen LogP contribution in [0.15, 0.2) is 24.3 Å². The van der Waals surface area contributed by atoms with Crippen molar-refractivity contribution in [3.05, 3.63) is 35.6 Å². The van der Waals surface area contributed by atoms with E-state index in [0.717, 1.165) is 13.0 Å². The molecule has 6 heteroatoms. The molecule has 5 nitrogen and oxygen atoms in total. The van der Waals surface area contributed by atoms with Gasteiger partial charge in [-0.15, -0.1) is 0 Å². The summed E-state index contributed by atoms with van der Waals surface area (Å²) in [6.45, 7) is 1.42. The van der Waals surface area contributed by atoms with E-state index in [1.165, 1.54) is 12.1 Å². The van der Waals surface area contributed by atoms with Gasteiger partial charge in [0, 0.05) is 6.54 Å². The Morgan fingerprint density at radius 2 is 1.95 bits per heavy atom. The Bertz CT molecular complexity index is 478. The van der Waals surface area contributed by atoms with Crippen LogP contribution in [-0.4, -0.2) is 50.4 Å². The molecular formula is C15H22FN3O2. The van der Waals surface area contributed by atoms with Crippen LogP contribution in [0.5, 0.6) is 0 Å². The van der Waals surface area contributed by atoms with Crippen molar-refractivity contribution in [3.63, 3.8) is 0 Å². The van der Waals surface area contributed by atoms with E-state index in [9.17, 15) is 14.0 Å². The van der Waals surface area contributed by atoms with Crippen molar-refractivity contribution in [1.82, 2.24) is 15.5 Å². The second-order valence-electron chi connectivity index (χ2n) is 5.09. The van der Waals surface area contributed by atoms with Crippen molar-refractivity contribution < 1.29 is 14.0 Å². The molecule has 1 aromatic rings. The molecule has 21 heavy (non-hydrogen) atoms. The number of hydrogen-bond donors (Lipinski definition) is 2. The Balaban J connectivity index is 2.19. The van der Waals surface area contributed by atoms with Gasteiger partial charge in [0.2, 0.25) is 11.8 Å². The summed E-state index contributed by atoms with van der Waals surface area (Å²) in [5.74, 6) is -0.899. The van der Waals surface area contributed by atoms with Crippen LogP contribution >= 0.6 is 0 Å². The van der Waals surface area contributed by atoms with Crippen molar-refractivity contribution in [2.24, 2.45) is 0 Å². The van der Waals surface area contributed by atoms with Crippen molar-refractivity contribution in [2.75, 3.05) is 33.7 Å². The van der Waals surface area contributed by atoms with E-state index in [1.54, 1.807) is 12.1 Å². The molecular weight excluding hydrogens is 273 g/mol. The second kappa shape index (κ2) is 9.07. The molecule has 0 unspecified atom stereocenters. The average Bonchev–Trinajstić information content (AvgIpc) is 2.41. The first kappa shape index (κ1) is 17.1. The lowest BCUT2D eigenvalue weighted by atomic mass is 10.1. The highest BCUT2D eigenvalue weighted by atomic mass is 19.1. The summed E-state index contributed by atoms with van der Waals surface area (Å²) in [5.41, 5.74) is 0.582. The van der Waals surface area contributed by atoms with Crippen molar-refractivity contribution in [1.29, 1.82) is 0 Å². The maximum absolute atomic E-state index is 13.0. The zero-order valence-electron chi connectivity index (χ0n) is 12.5. The van der Waals surface area contributed by atoms with E-state index in [4.69, 9.17) is 0 Å². The molecule has 0 aliphatic heterocycles. The summed E-state index contributed by atoms with van der Waals surface area (Å²) in [6.07, 6.45) is 0.918. The summed E-state index contributed by atoms with van der Waals surface area (Å²) in [7, 11) is 3.93. The first-order valence-electron chi connectivity index (χ1n) is 6.90. The molecule has 0 saturated carbocycles. The highest BCUT2D eigenvalue weighted by Crippen LogP contribution is 2.03. The van der Waals surface area contributed by atoms with Crippen LogP contribution in [0.25, 0.3) is 0 Å². The van der Waals surface area contributed by atoms with Crippen molar-refractivity contribution in [2.45, 2.75) is 12.8 Å². The minimum atomic E-state index is -0.376. The standard InChI is InChI=1S/C15H22FN3O2/c1-19(2)8-4-7-17-15(21)11-18-14(20)10-12-5-3-6-13(16)9-12/h3,5-6,9H,4,7-8,10-11H2,1-2H3,(H,17,21)(H,18,20). The van der Waals surface area contributed by atoms with Gasteiger partial charge in [0.1, 0.15) is 5.82 Å². The molecule has 116 valence electrons. The van der Waals surface area contributed by atoms with E-state index < -0.39 is 0 Å². The highest BCUT2D eigenvalue weighted by molar-refractivity contribution is 5.85. The normalized spacial score (nSPS) is 10.5. The number of amides is 2. The molecule has 0 aliphatic carbocycles. The lowest BCUT2D eigenvalue weighted by Gasteiger charge is -2.10. The van der Waals surface area contributed by atoms with Gasteiger partial charge in [-0.3, -0.25) is 9.59 Å². The number of carbonyl (C=O) groups excluding carboxylic acids is 2. The van der Waals surface area contributed by atoms with Gasteiger partial charge in [0.25, 0.3) is 0 Å². The maximum atomic E-state index is 13.0. The fraction of sp³-hybridized carbons (Fsp3) is 0.467. The summed E-state index contributed by atoms with van der Waals surface area (Å²) in [6, 6.07) is 5.85. The smallest absolute Gasteiger partial charge is 0.239 e. The first-order chi connectivity index (χ1) is 9.97. The quantitative estimate of drug-likeness (QED) is 0.689. The molecule has 2 N–H and O–H groups in total. The topological polar surface area (TPSA) is 61.4 Å². The number of rotatable bonds is 8. The molecule has 0 saturated heterocycles. The third-order valence-corrected chi connectivity index (χ3v) is 2.80. The monoisotopic (exact) mass is 295 g/mol. The molecule has 1 aromatic carbocycles. The summed E-state index contributed by atoms with van der Waals surface area (Å²) in [5, 5.41) is 5.24. The molecule has 0 spiro atoms. The van der Waals surface area contributed by atoms with Crippen LogP contribution in [0.3, 0.4) is 0 Å². The fourth-order valence-electron chi connectivity index (χ4n) is 1.76. The Morgan fingerprint density at radius 3 is 2.62 bits per heavy atom. The van der Waals surface area contributed by atoms with Gasteiger partial charge in [-0.25, -0.2) is 4.39 Å². The van der Waals surface area contributed by atoms with Gasteiger partial charge < -0.3 is 15.5 Å². The molecule has 0 aromatic heterocycles. The van der Waals surface area contributed by atoms with Crippen LogP contribution in [-0.2, 0) is 16.0 Å². The zero-order valence-corrected chi connectivity index (χ0v) is 12.5. The highest BCUT2D eigenvalue weighted by Gasteiger charge is 2.06. The Kier molecular flexibility index (Phi) is 7.39. The van der Waals surface area contributed by atoms with Gasteiger partial charge in [-0.2, -0.15) is 0 Å². The molecule has 2 amide bonds. The number of hydrogen-bond acceptors (Lipinski definition) is 3. The number of nitrogens with zero attached hydrogens (tertiary/aromatic N) is 1. The van der Waals surface area contributed by atoms with Crippen LogP contribution in [0, 0.1) is 5.82 Å². The minimum Gasteiger partial charge on any atom is -0.355 e. The molecule has 0 bridgehead atoms. The number of carbonyl (C=O) groups is 2. The van der Waals surface area contributed by atoms with Crippen LogP contribution in [0.1, 0.15) is 12.0 Å². The molecule has 0 heterocycles. The molecule has 1 rings (SSSR count). The van der Waals surface area contributed by atoms with E-state index in [2.05, 4.69) is 10.6 Å². The van der Waals surface area contributed by atoms with E-state index in [0.29, 0.717) is 12.1 Å². The van der Waals surface area contributed by atoms with Gasteiger partial charge in [-0.05, 0) is 44.8 Å². The number of benzene rings is 1. The molecule has 0 radical (unpaired) electrons. The predicted molar refractivity (Wildman–Crippen MR) is 79.3 cm³/mol. The third-order valence-electron chi connectivity index (χ3n) is 2.80. The largest absolute Gasteiger partial charge is 0.355 e. The second-order valence-corrected chi connectivity index (χ2v) is 5.09. The first-order valence-corrected chi connectivity index (χ1v) is 6.90. The van der Waals surface area contributed by atoms with Crippen LogP contribution in [0.4, 0.5) is 4.39 Å². The van der Waals surface area contributed by atoms with Crippen molar-refractivity contribution >= 4 is 11.8 Å². The maximum Gasteiger partial charge on any atom is 0.239 e. The fourth-order valence-corrected chi connectivity index (χ4v) is 1.76. The van der Waals surface area contributed by atoms with Gasteiger partial charge in [0.05, 0.1) is 13.0 Å². The van der Waals surface area contributed by atoms with E-state index >= 15 is 0 Å². The van der Waals surface area contributed by atoms with Crippen molar-refractivity contribution in [3.8, 4) is 0 Å². The summed E-state index contributed by atoms with van der Waals surface area (Å²) >= 11 is 0. The Labute approximate surface area is 124 Å². The van der Waals surface area contributed by atoms with E-state index in [1.807, 2.05) is 19.0 Å². The number of nitrogens with one attached hydrogen (secondary N) is 2. The van der Waals surface area contributed by atoms with Crippen LogP contribution in [0.2, 0.25) is 0 Å².